The van der Waals surface area contributed by atoms with Crippen molar-refractivity contribution >= 4 is 45.2 Å². The van der Waals surface area contributed by atoms with Gasteiger partial charge in [0.15, 0.2) is 16.6 Å². The van der Waals surface area contributed by atoms with Crippen molar-refractivity contribution in [3.05, 3.63) is 27.9 Å². The fourth-order valence-electron chi connectivity index (χ4n) is 1.68. The minimum Gasteiger partial charge on any atom is -0.454 e. The molecule has 2 aliphatic heterocycles. The maximum absolute atomic E-state index is 11.5. The van der Waals surface area contributed by atoms with E-state index < -0.39 is 0 Å². The van der Waals surface area contributed by atoms with E-state index in [0.717, 1.165) is 10.0 Å². The number of hydrogen-bond donors (Lipinski definition) is 2. The average Bonchev–Trinajstić information content (AvgIpc) is 2.86. The first kappa shape index (κ1) is 11.5. The molecule has 1 amide bonds. The molecule has 1 saturated heterocycles. The normalized spacial score (nSPS) is 19.1. The number of fused-ring (bicyclic) bond motifs is 1. The van der Waals surface area contributed by atoms with Crippen LogP contribution in [0.15, 0.2) is 22.3 Å². The SMILES string of the molecule is O=C1NC(=S)N/C1=C\c1cc2c(cc1Br)OCO2. The lowest BCUT2D eigenvalue weighted by Gasteiger charge is -2.03. The molecule has 0 atom stereocenters. The summed E-state index contributed by atoms with van der Waals surface area (Å²) in [6, 6.07) is 3.61. The molecule has 0 unspecified atom stereocenters. The van der Waals surface area contributed by atoms with Gasteiger partial charge in [0.1, 0.15) is 5.70 Å². The van der Waals surface area contributed by atoms with E-state index in [1.807, 2.05) is 0 Å². The van der Waals surface area contributed by atoms with Crippen molar-refractivity contribution in [2.45, 2.75) is 0 Å². The van der Waals surface area contributed by atoms with E-state index >= 15 is 0 Å². The van der Waals surface area contributed by atoms with Crippen molar-refractivity contribution in [2.24, 2.45) is 0 Å². The molecule has 1 aromatic rings. The Morgan fingerprint density at radius 1 is 1.28 bits per heavy atom. The van der Waals surface area contributed by atoms with Gasteiger partial charge in [-0.15, -0.1) is 0 Å². The molecule has 0 aliphatic carbocycles. The first-order valence-corrected chi connectivity index (χ1v) is 6.27. The number of ether oxygens (including phenoxy) is 2. The molecule has 0 spiro atoms. The Morgan fingerprint density at radius 3 is 2.67 bits per heavy atom. The van der Waals surface area contributed by atoms with Crippen molar-refractivity contribution in [3.8, 4) is 11.5 Å². The predicted molar refractivity (Wildman–Crippen MR) is 72.1 cm³/mol. The molecular formula is C11H7BrN2O3S. The summed E-state index contributed by atoms with van der Waals surface area (Å²) < 4.78 is 11.4. The van der Waals surface area contributed by atoms with Crippen molar-refractivity contribution in [1.29, 1.82) is 0 Å². The lowest BCUT2D eigenvalue weighted by Crippen LogP contribution is -2.21. The monoisotopic (exact) mass is 326 g/mol. The number of benzene rings is 1. The van der Waals surface area contributed by atoms with Crippen molar-refractivity contribution in [1.82, 2.24) is 10.6 Å². The molecule has 3 rings (SSSR count). The van der Waals surface area contributed by atoms with Crippen LogP contribution >= 0.6 is 28.1 Å². The standard InChI is InChI=1S/C11H7BrN2O3S/c12-6-3-9-8(16-4-17-9)2-5(6)1-7-10(15)14-11(18)13-7/h1-3H,4H2,(H2,13,14,15,18)/b7-1-. The van der Waals surface area contributed by atoms with Crippen LogP contribution in [0, 0.1) is 0 Å². The second-order valence-corrected chi connectivity index (χ2v) is 4.96. The number of amides is 1. The molecule has 92 valence electrons. The number of thiocarbonyl (C=S) groups is 1. The summed E-state index contributed by atoms with van der Waals surface area (Å²) in [7, 11) is 0. The first-order chi connectivity index (χ1) is 8.63. The molecule has 7 heteroatoms. The molecule has 0 aromatic heterocycles. The highest BCUT2D eigenvalue weighted by Gasteiger charge is 2.21. The smallest absolute Gasteiger partial charge is 0.273 e. The van der Waals surface area contributed by atoms with Crippen LogP contribution in [0.5, 0.6) is 11.5 Å². The first-order valence-electron chi connectivity index (χ1n) is 5.06. The zero-order chi connectivity index (χ0) is 12.7. The van der Waals surface area contributed by atoms with Crippen LogP contribution in [0.25, 0.3) is 6.08 Å². The van der Waals surface area contributed by atoms with E-state index in [4.69, 9.17) is 21.7 Å². The van der Waals surface area contributed by atoms with Crippen LogP contribution < -0.4 is 20.1 Å². The number of carbonyl (C=O) groups is 1. The fraction of sp³-hybridized carbons (Fsp3) is 0.0909. The summed E-state index contributed by atoms with van der Waals surface area (Å²) in [6.45, 7) is 0.213. The predicted octanol–water partition coefficient (Wildman–Crippen LogP) is 1.52. The number of hydrogen-bond acceptors (Lipinski definition) is 4. The summed E-state index contributed by atoms with van der Waals surface area (Å²) in [5, 5.41) is 5.60. The van der Waals surface area contributed by atoms with Gasteiger partial charge >= 0.3 is 0 Å². The fourth-order valence-corrected chi connectivity index (χ4v) is 2.32. The number of halogens is 1. The van der Waals surface area contributed by atoms with E-state index in [9.17, 15) is 4.79 Å². The maximum atomic E-state index is 11.5. The lowest BCUT2D eigenvalue weighted by molar-refractivity contribution is -0.115. The van der Waals surface area contributed by atoms with Gasteiger partial charge in [0.2, 0.25) is 6.79 Å². The van der Waals surface area contributed by atoms with E-state index in [2.05, 4.69) is 26.6 Å². The van der Waals surface area contributed by atoms with Gasteiger partial charge in [0.05, 0.1) is 0 Å². The van der Waals surface area contributed by atoms with Crippen LogP contribution in [0.1, 0.15) is 5.56 Å². The second-order valence-electron chi connectivity index (χ2n) is 3.69. The molecule has 1 fully saturated rings. The van der Waals surface area contributed by atoms with Gasteiger partial charge in [-0.3, -0.25) is 10.1 Å². The third-order valence-electron chi connectivity index (χ3n) is 2.51. The molecular weight excluding hydrogens is 320 g/mol. The van der Waals surface area contributed by atoms with Crippen molar-refractivity contribution in [2.75, 3.05) is 6.79 Å². The summed E-state index contributed by atoms with van der Waals surface area (Å²) in [5.74, 6) is 1.10. The van der Waals surface area contributed by atoms with Gasteiger partial charge in [-0.2, -0.15) is 0 Å². The molecule has 0 radical (unpaired) electrons. The third-order valence-corrected chi connectivity index (χ3v) is 3.40. The molecule has 18 heavy (non-hydrogen) atoms. The molecule has 2 aliphatic rings. The van der Waals surface area contributed by atoms with Crippen molar-refractivity contribution in [3.63, 3.8) is 0 Å². The van der Waals surface area contributed by atoms with Crippen LogP contribution in [0.4, 0.5) is 0 Å². The van der Waals surface area contributed by atoms with E-state index in [0.29, 0.717) is 22.3 Å². The molecule has 0 saturated carbocycles. The minimum atomic E-state index is -0.246. The Kier molecular flexibility index (Phi) is 2.71. The molecule has 2 N–H and O–H groups in total. The van der Waals surface area contributed by atoms with Crippen LogP contribution in [0.2, 0.25) is 0 Å². The summed E-state index contributed by atoms with van der Waals surface area (Å²) in [5.41, 5.74) is 1.21. The second kappa shape index (κ2) is 4.25. The Balaban J connectivity index is 2.00. The van der Waals surface area contributed by atoms with Crippen molar-refractivity contribution < 1.29 is 14.3 Å². The van der Waals surface area contributed by atoms with Gasteiger partial charge in [-0.1, -0.05) is 15.9 Å². The quantitative estimate of drug-likeness (QED) is 0.605. The average molecular weight is 327 g/mol. The number of nitrogens with one attached hydrogen (secondary N) is 2. The van der Waals surface area contributed by atoms with Crippen LogP contribution in [-0.2, 0) is 4.79 Å². The largest absolute Gasteiger partial charge is 0.454 e. The topological polar surface area (TPSA) is 59.6 Å². The van der Waals surface area contributed by atoms with Gasteiger partial charge in [-0.25, -0.2) is 0 Å². The summed E-state index contributed by atoms with van der Waals surface area (Å²) in [6.07, 6.45) is 1.70. The maximum Gasteiger partial charge on any atom is 0.273 e. The highest BCUT2D eigenvalue weighted by Crippen LogP contribution is 2.37. The molecule has 5 nitrogen and oxygen atoms in total. The van der Waals surface area contributed by atoms with Gasteiger partial charge < -0.3 is 14.8 Å². The number of carbonyl (C=O) groups excluding carboxylic acids is 1. The van der Waals surface area contributed by atoms with Crippen LogP contribution in [0.3, 0.4) is 0 Å². The van der Waals surface area contributed by atoms with Gasteiger partial charge in [0, 0.05) is 4.47 Å². The molecule has 0 bridgehead atoms. The Labute approximate surface area is 116 Å². The van der Waals surface area contributed by atoms with E-state index in [1.54, 1.807) is 18.2 Å². The zero-order valence-corrected chi connectivity index (χ0v) is 11.4. The summed E-state index contributed by atoms with van der Waals surface area (Å²) >= 11 is 8.28. The Hall–Kier alpha value is -1.60. The Bertz CT molecular complexity index is 600. The zero-order valence-electron chi connectivity index (χ0n) is 8.95. The van der Waals surface area contributed by atoms with E-state index in [1.165, 1.54) is 0 Å². The lowest BCUT2D eigenvalue weighted by atomic mass is 10.1. The van der Waals surface area contributed by atoms with Gasteiger partial charge in [-0.05, 0) is 36.0 Å². The molecule has 2 heterocycles. The van der Waals surface area contributed by atoms with Crippen LogP contribution in [-0.4, -0.2) is 17.8 Å². The molecule has 1 aromatic carbocycles. The third kappa shape index (κ3) is 1.95. The van der Waals surface area contributed by atoms with E-state index in [-0.39, 0.29) is 12.7 Å². The summed E-state index contributed by atoms with van der Waals surface area (Å²) in [4.78, 5) is 11.5. The highest BCUT2D eigenvalue weighted by atomic mass is 79.9. The highest BCUT2D eigenvalue weighted by molar-refractivity contribution is 9.10. The van der Waals surface area contributed by atoms with Gasteiger partial charge in [0.25, 0.3) is 5.91 Å². The Morgan fingerprint density at radius 2 is 2.00 bits per heavy atom. The minimum absolute atomic E-state index is 0.213. The number of rotatable bonds is 1.